The molecule has 0 aliphatic rings. The van der Waals surface area contributed by atoms with E-state index in [9.17, 15) is 0 Å². The second-order valence-corrected chi connectivity index (χ2v) is 6.70. The Morgan fingerprint density at radius 1 is 1.08 bits per heavy atom. The van der Waals surface area contributed by atoms with Crippen LogP contribution in [0, 0.1) is 0 Å². The van der Waals surface area contributed by atoms with Crippen molar-refractivity contribution < 1.29 is 4.74 Å². The topological polar surface area (TPSA) is 39.9 Å². The van der Waals surface area contributed by atoms with Crippen molar-refractivity contribution in [2.24, 2.45) is 0 Å². The molecular weight excluding hydrogens is 334 g/mol. The first kappa shape index (κ1) is 15.9. The van der Waals surface area contributed by atoms with Gasteiger partial charge in [-0.2, -0.15) is 5.10 Å². The summed E-state index contributed by atoms with van der Waals surface area (Å²) in [4.78, 5) is 4.52. The number of benzene rings is 2. The van der Waals surface area contributed by atoms with E-state index in [0.717, 1.165) is 27.7 Å². The molecule has 2 aromatic carbocycles. The Balaban J connectivity index is 1.58. The Morgan fingerprint density at radius 3 is 2.68 bits per heavy atom. The summed E-state index contributed by atoms with van der Waals surface area (Å²) >= 11 is 6.26. The normalized spacial score (nSPS) is 11.5. The predicted molar refractivity (Wildman–Crippen MR) is 101 cm³/mol. The van der Waals surface area contributed by atoms with Crippen molar-refractivity contribution >= 4 is 33.4 Å². The predicted octanol–water partition coefficient (Wildman–Crippen LogP) is 5.40. The first-order chi connectivity index (χ1) is 12.1. The number of rotatable bonds is 4. The van der Waals surface area contributed by atoms with Crippen LogP contribution in [0.2, 0.25) is 5.15 Å². The van der Waals surface area contributed by atoms with Gasteiger partial charge in [0.05, 0.1) is 5.39 Å². The van der Waals surface area contributed by atoms with Crippen LogP contribution in [-0.2, 0) is 6.61 Å². The lowest BCUT2D eigenvalue weighted by molar-refractivity contribution is 0.306. The van der Waals surface area contributed by atoms with E-state index in [1.165, 1.54) is 5.39 Å². The smallest absolute Gasteiger partial charge is 0.160 e. The third-order valence-corrected chi connectivity index (χ3v) is 4.45. The van der Waals surface area contributed by atoms with Gasteiger partial charge in [0.15, 0.2) is 10.8 Å². The number of nitrogens with zero attached hydrogens (tertiary/aromatic N) is 3. The number of fused-ring (bicyclic) bond motifs is 2. The Morgan fingerprint density at radius 2 is 1.88 bits per heavy atom. The fourth-order valence-corrected chi connectivity index (χ4v) is 3.11. The summed E-state index contributed by atoms with van der Waals surface area (Å²) in [5.41, 5.74) is 1.76. The van der Waals surface area contributed by atoms with Crippen LogP contribution in [0.25, 0.3) is 21.8 Å². The zero-order valence-electron chi connectivity index (χ0n) is 14.1. The molecule has 0 aliphatic heterocycles. The number of hydrogen-bond donors (Lipinski definition) is 0. The number of pyridine rings is 1. The molecular formula is C20H18ClN3O. The lowest BCUT2D eigenvalue weighted by atomic mass is 10.1. The van der Waals surface area contributed by atoms with Crippen molar-refractivity contribution in [3.8, 4) is 5.75 Å². The molecule has 0 fully saturated rings. The summed E-state index contributed by atoms with van der Waals surface area (Å²) in [6.45, 7) is 4.55. The fraction of sp³-hybridized carbons (Fsp3) is 0.200. The standard InChI is InChI=1S/C20H18ClN3O/c1-13(2)24-20-18(19(21)23-24)9-14(11-22-20)12-25-17-8-7-15-5-3-4-6-16(15)10-17/h3-11,13H,12H2,1-2H3. The maximum atomic E-state index is 6.26. The van der Waals surface area contributed by atoms with Crippen molar-refractivity contribution in [2.75, 3.05) is 0 Å². The van der Waals surface area contributed by atoms with Crippen molar-refractivity contribution in [1.29, 1.82) is 0 Å². The van der Waals surface area contributed by atoms with E-state index in [4.69, 9.17) is 16.3 Å². The van der Waals surface area contributed by atoms with Crippen LogP contribution in [0.5, 0.6) is 5.75 Å². The van der Waals surface area contributed by atoms with E-state index >= 15 is 0 Å². The molecule has 0 bridgehead atoms. The molecule has 4 nitrogen and oxygen atoms in total. The van der Waals surface area contributed by atoms with Crippen molar-refractivity contribution in [1.82, 2.24) is 14.8 Å². The third kappa shape index (κ3) is 3.05. The average molecular weight is 352 g/mol. The molecule has 0 saturated heterocycles. The lowest BCUT2D eigenvalue weighted by Gasteiger charge is -2.08. The Bertz CT molecular complexity index is 1060. The maximum Gasteiger partial charge on any atom is 0.160 e. The van der Waals surface area contributed by atoms with Crippen molar-refractivity contribution in [3.63, 3.8) is 0 Å². The zero-order chi connectivity index (χ0) is 17.4. The fourth-order valence-electron chi connectivity index (χ4n) is 2.89. The van der Waals surface area contributed by atoms with E-state index < -0.39 is 0 Å². The maximum absolute atomic E-state index is 6.26. The van der Waals surface area contributed by atoms with Crippen LogP contribution in [-0.4, -0.2) is 14.8 Å². The Kier molecular flexibility index (Phi) is 4.06. The molecule has 126 valence electrons. The zero-order valence-corrected chi connectivity index (χ0v) is 14.9. The number of halogens is 1. The largest absolute Gasteiger partial charge is 0.489 e. The van der Waals surface area contributed by atoms with Gasteiger partial charge in [-0.05, 0) is 42.8 Å². The van der Waals surface area contributed by atoms with Crippen molar-refractivity contribution in [3.05, 3.63) is 65.4 Å². The summed E-state index contributed by atoms with van der Waals surface area (Å²) in [5, 5.41) is 8.06. The Labute approximate surface area is 151 Å². The van der Waals surface area contributed by atoms with Gasteiger partial charge in [-0.1, -0.05) is 41.9 Å². The molecule has 0 aliphatic carbocycles. The number of aromatic nitrogens is 3. The summed E-state index contributed by atoms with van der Waals surface area (Å²) in [6, 6.07) is 16.5. The summed E-state index contributed by atoms with van der Waals surface area (Å²) in [7, 11) is 0. The van der Waals surface area contributed by atoms with E-state index in [1.807, 2.05) is 41.2 Å². The molecule has 4 rings (SSSR count). The molecule has 0 spiro atoms. The highest BCUT2D eigenvalue weighted by molar-refractivity contribution is 6.34. The molecule has 4 aromatic rings. The molecule has 25 heavy (non-hydrogen) atoms. The SMILES string of the molecule is CC(C)n1nc(Cl)c2cc(COc3ccc4ccccc4c3)cnc21. The molecule has 0 unspecified atom stereocenters. The minimum Gasteiger partial charge on any atom is -0.489 e. The van der Waals surface area contributed by atoms with Gasteiger partial charge in [0.1, 0.15) is 12.4 Å². The minimum atomic E-state index is 0.210. The summed E-state index contributed by atoms with van der Waals surface area (Å²) in [5.74, 6) is 0.836. The van der Waals surface area contributed by atoms with Crippen LogP contribution in [0.15, 0.2) is 54.7 Å². The van der Waals surface area contributed by atoms with E-state index in [0.29, 0.717) is 11.8 Å². The molecule has 0 saturated carbocycles. The highest BCUT2D eigenvalue weighted by Crippen LogP contribution is 2.26. The second-order valence-electron chi connectivity index (χ2n) is 6.34. The van der Waals surface area contributed by atoms with Crippen LogP contribution in [0.1, 0.15) is 25.5 Å². The van der Waals surface area contributed by atoms with Gasteiger partial charge in [0.25, 0.3) is 0 Å². The average Bonchev–Trinajstić information content (AvgIpc) is 2.96. The highest BCUT2D eigenvalue weighted by Gasteiger charge is 2.13. The van der Waals surface area contributed by atoms with Crippen LogP contribution < -0.4 is 4.74 Å². The molecule has 0 N–H and O–H groups in total. The number of ether oxygens (including phenoxy) is 1. The van der Waals surface area contributed by atoms with E-state index in [1.54, 1.807) is 0 Å². The molecule has 2 heterocycles. The molecule has 2 aromatic heterocycles. The third-order valence-electron chi connectivity index (χ3n) is 4.17. The van der Waals surface area contributed by atoms with Gasteiger partial charge in [-0.15, -0.1) is 0 Å². The monoisotopic (exact) mass is 351 g/mol. The summed E-state index contributed by atoms with van der Waals surface area (Å²) < 4.78 is 7.77. The van der Waals surface area contributed by atoms with Gasteiger partial charge in [-0.3, -0.25) is 0 Å². The van der Waals surface area contributed by atoms with Gasteiger partial charge in [0, 0.05) is 17.8 Å². The van der Waals surface area contributed by atoms with Crippen LogP contribution in [0.4, 0.5) is 0 Å². The quantitative estimate of drug-likeness (QED) is 0.494. The van der Waals surface area contributed by atoms with E-state index in [2.05, 4.69) is 42.1 Å². The molecule has 0 amide bonds. The lowest BCUT2D eigenvalue weighted by Crippen LogP contribution is -2.03. The highest BCUT2D eigenvalue weighted by atomic mass is 35.5. The minimum absolute atomic E-state index is 0.210. The summed E-state index contributed by atoms with van der Waals surface area (Å²) in [6.07, 6.45) is 1.82. The molecule has 5 heteroatoms. The van der Waals surface area contributed by atoms with Crippen LogP contribution in [0.3, 0.4) is 0 Å². The molecule has 0 atom stereocenters. The molecule has 0 radical (unpaired) electrons. The van der Waals surface area contributed by atoms with E-state index in [-0.39, 0.29) is 6.04 Å². The van der Waals surface area contributed by atoms with Crippen molar-refractivity contribution in [2.45, 2.75) is 26.5 Å². The second kappa shape index (κ2) is 6.37. The first-order valence-corrected chi connectivity index (χ1v) is 8.64. The van der Waals surface area contributed by atoms with Gasteiger partial charge in [-0.25, -0.2) is 9.67 Å². The van der Waals surface area contributed by atoms with Crippen LogP contribution >= 0.6 is 11.6 Å². The Hall–Kier alpha value is -2.59. The number of hydrogen-bond acceptors (Lipinski definition) is 3. The van der Waals surface area contributed by atoms with Gasteiger partial charge < -0.3 is 4.74 Å². The van der Waals surface area contributed by atoms with Gasteiger partial charge in [0.2, 0.25) is 0 Å². The van der Waals surface area contributed by atoms with Gasteiger partial charge >= 0.3 is 0 Å². The first-order valence-electron chi connectivity index (χ1n) is 8.26.